The van der Waals surface area contributed by atoms with Gasteiger partial charge in [0.05, 0.1) is 18.0 Å². The van der Waals surface area contributed by atoms with E-state index >= 15 is 0 Å². The molecule has 1 aliphatic carbocycles. The van der Waals surface area contributed by atoms with Crippen LogP contribution in [0, 0.1) is 5.92 Å². The first-order chi connectivity index (χ1) is 14.8. The lowest BCUT2D eigenvalue weighted by Crippen LogP contribution is -2.57. The van der Waals surface area contributed by atoms with Crippen molar-refractivity contribution in [1.82, 2.24) is 20.9 Å². The van der Waals surface area contributed by atoms with Crippen molar-refractivity contribution in [2.45, 2.75) is 64.2 Å². The molecule has 0 radical (unpaired) electrons. The summed E-state index contributed by atoms with van der Waals surface area (Å²) in [6.07, 6.45) is 2.98. The van der Waals surface area contributed by atoms with Crippen molar-refractivity contribution in [1.29, 1.82) is 0 Å². The van der Waals surface area contributed by atoms with Gasteiger partial charge in [0.15, 0.2) is 0 Å². The van der Waals surface area contributed by atoms with Crippen molar-refractivity contribution in [2.75, 3.05) is 18.7 Å². The molecular formula is C23H34N4O3S. The summed E-state index contributed by atoms with van der Waals surface area (Å²) in [4.78, 5) is 40.5. The van der Waals surface area contributed by atoms with Crippen LogP contribution >= 0.6 is 11.8 Å². The topological polar surface area (TPSA) is 90.5 Å². The number of rotatable bonds is 7. The van der Waals surface area contributed by atoms with Gasteiger partial charge < -0.3 is 20.9 Å². The number of aryl methyl sites for hydroxylation is 1. The number of benzene rings is 1. The Kier molecular flexibility index (Phi) is 8.00. The SMILES string of the molecule is CNC(C)C(=O)NC(C(=O)N1CSCC1C(=O)NC1CCCc2ccccc21)C(C)C. The number of hydrogen-bond donors (Lipinski definition) is 3. The summed E-state index contributed by atoms with van der Waals surface area (Å²) < 4.78 is 0. The van der Waals surface area contributed by atoms with E-state index in [1.165, 1.54) is 11.1 Å². The lowest BCUT2D eigenvalue weighted by atomic mass is 9.87. The Balaban J connectivity index is 1.70. The van der Waals surface area contributed by atoms with Crippen LogP contribution in [0.4, 0.5) is 0 Å². The van der Waals surface area contributed by atoms with Gasteiger partial charge in [-0.15, -0.1) is 11.8 Å². The van der Waals surface area contributed by atoms with Gasteiger partial charge in [0.25, 0.3) is 0 Å². The molecule has 1 aromatic rings. The van der Waals surface area contributed by atoms with Crippen LogP contribution in [0.2, 0.25) is 0 Å². The maximum Gasteiger partial charge on any atom is 0.246 e. The molecule has 3 amide bonds. The lowest BCUT2D eigenvalue weighted by molar-refractivity contribution is -0.142. The number of hydrogen-bond acceptors (Lipinski definition) is 5. The maximum absolute atomic E-state index is 13.3. The number of thioether (sulfide) groups is 1. The first-order valence-corrected chi connectivity index (χ1v) is 12.2. The zero-order chi connectivity index (χ0) is 22.5. The highest BCUT2D eigenvalue weighted by Crippen LogP contribution is 2.30. The monoisotopic (exact) mass is 446 g/mol. The van der Waals surface area contributed by atoms with E-state index in [1.54, 1.807) is 30.6 Å². The van der Waals surface area contributed by atoms with Gasteiger partial charge in [0, 0.05) is 5.75 Å². The number of amides is 3. The predicted molar refractivity (Wildman–Crippen MR) is 124 cm³/mol. The third-order valence-electron chi connectivity index (χ3n) is 6.21. The van der Waals surface area contributed by atoms with Gasteiger partial charge in [0.2, 0.25) is 17.7 Å². The highest BCUT2D eigenvalue weighted by atomic mass is 32.2. The fourth-order valence-corrected chi connectivity index (χ4v) is 5.31. The lowest BCUT2D eigenvalue weighted by Gasteiger charge is -2.32. The standard InChI is InChI=1S/C23H34N4O3S/c1-14(2)20(26-21(28)15(3)24-4)23(30)27-13-31-12-19(27)22(29)25-18-11-7-9-16-8-5-6-10-17(16)18/h5-6,8,10,14-15,18-20,24H,7,9,11-13H2,1-4H3,(H,25,29)(H,26,28). The Labute approximate surface area is 189 Å². The van der Waals surface area contributed by atoms with Crippen molar-refractivity contribution < 1.29 is 14.4 Å². The average Bonchev–Trinajstić information content (AvgIpc) is 3.26. The van der Waals surface area contributed by atoms with E-state index in [-0.39, 0.29) is 29.7 Å². The molecule has 1 fully saturated rings. The molecule has 2 aliphatic rings. The van der Waals surface area contributed by atoms with Crippen LogP contribution in [0.3, 0.4) is 0 Å². The van der Waals surface area contributed by atoms with Crippen molar-refractivity contribution in [2.24, 2.45) is 5.92 Å². The Morgan fingerprint density at radius 3 is 2.61 bits per heavy atom. The van der Waals surface area contributed by atoms with Gasteiger partial charge in [-0.25, -0.2) is 0 Å². The molecule has 4 unspecified atom stereocenters. The first kappa shape index (κ1) is 23.6. The summed E-state index contributed by atoms with van der Waals surface area (Å²) >= 11 is 1.57. The van der Waals surface area contributed by atoms with Crippen molar-refractivity contribution in [3.8, 4) is 0 Å². The minimum atomic E-state index is -0.660. The van der Waals surface area contributed by atoms with Gasteiger partial charge in [-0.05, 0) is 50.3 Å². The van der Waals surface area contributed by atoms with E-state index in [9.17, 15) is 14.4 Å². The predicted octanol–water partition coefficient (Wildman–Crippen LogP) is 1.83. The van der Waals surface area contributed by atoms with Crippen molar-refractivity contribution in [3.05, 3.63) is 35.4 Å². The molecule has 7 nitrogen and oxygen atoms in total. The van der Waals surface area contributed by atoms with E-state index < -0.39 is 18.1 Å². The highest BCUT2D eigenvalue weighted by molar-refractivity contribution is 7.99. The molecule has 1 saturated heterocycles. The van der Waals surface area contributed by atoms with Crippen LogP contribution in [0.5, 0.6) is 0 Å². The second-order valence-electron chi connectivity index (χ2n) is 8.72. The van der Waals surface area contributed by atoms with E-state index in [0.717, 1.165) is 19.3 Å². The summed E-state index contributed by atoms with van der Waals surface area (Å²) in [5.74, 6) is 0.413. The molecule has 0 saturated carbocycles. The van der Waals surface area contributed by atoms with Crippen LogP contribution in [-0.2, 0) is 20.8 Å². The molecule has 31 heavy (non-hydrogen) atoms. The molecule has 0 spiro atoms. The maximum atomic E-state index is 13.3. The van der Waals surface area contributed by atoms with Crippen LogP contribution in [0.25, 0.3) is 0 Å². The largest absolute Gasteiger partial charge is 0.347 e. The second kappa shape index (κ2) is 10.5. The van der Waals surface area contributed by atoms with Crippen LogP contribution in [0.15, 0.2) is 24.3 Å². The van der Waals surface area contributed by atoms with Gasteiger partial charge in [-0.3, -0.25) is 14.4 Å². The van der Waals surface area contributed by atoms with Crippen molar-refractivity contribution >= 4 is 29.5 Å². The smallest absolute Gasteiger partial charge is 0.246 e. The fourth-order valence-electron chi connectivity index (χ4n) is 4.15. The van der Waals surface area contributed by atoms with Crippen molar-refractivity contribution in [3.63, 3.8) is 0 Å². The molecule has 4 atom stereocenters. The quantitative estimate of drug-likeness (QED) is 0.595. The third-order valence-corrected chi connectivity index (χ3v) is 7.22. The number of carbonyl (C=O) groups excluding carboxylic acids is 3. The molecule has 0 bridgehead atoms. The minimum Gasteiger partial charge on any atom is -0.347 e. The molecule has 1 aromatic carbocycles. The number of nitrogens with one attached hydrogen (secondary N) is 3. The average molecular weight is 447 g/mol. The summed E-state index contributed by atoms with van der Waals surface area (Å²) in [6, 6.07) is 6.65. The van der Waals surface area contributed by atoms with Crippen LogP contribution in [-0.4, -0.2) is 59.4 Å². The number of carbonyl (C=O) groups is 3. The molecule has 0 aromatic heterocycles. The highest BCUT2D eigenvalue weighted by Gasteiger charge is 2.40. The minimum absolute atomic E-state index is 0.0166. The van der Waals surface area contributed by atoms with Gasteiger partial charge in [-0.2, -0.15) is 0 Å². The summed E-state index contributed by atoms with van der Waals surface area (Å²) in [6.45, 7) is 5.56. The zero-order valence-electron chi connectivity index (χ0n) is 18.8. The van der Waals surface area contributed by atoms with E-state index in [1.807, 2.05) is 26.0 Å². The Morgan fingerprint density at radius 2 is 1.90 bits per heavy atom. The Morgan fingerprint density at radius 1 is 1.16 bits per heavy atom. The van der Waals surface area contributed by atoms with E-state index in [0.29, 0.717) is 11.6 Å². The van der Waals surface area contributed by atoms with Gasteiger partial charge in [-0.1, -0.05) is 38.1 Å². The van der Waals surface area contributed by atoms with Crippen LogP contribution < -0.4 is 16.0 Å². The van der Waals surface area contributed by atoms with Crippen LogP contribution in [0.1, 0.15) is 50.8 Å². The summed E-state index contributed by atoms with van der Waals surface area (Å²) in [5.41, 5.74) is 2.47. The summed E-state index contributed by atoms with van der Waals surface area (Å²) in [7, 11) is 1.71. The molecule has 170 valence electrons. The Hall–Kier alpha value is -2.06. The number of fused-ring (bicyclic) bond motifs is 1. The second-order valence-corrected chi connectivity index (χ2v) is 9.72. The molecular weight excluding hydrogens is 412 g/mol. The number of nitrogens with zero attached hydrogens (tertiary/aromatic N) is 1. The zero-order valence-corrected chi connectivity index (χ0v) is 19.6. The number of likely N-dealkylation sites (N-methyl/N-ethyl adjacent to an activating group) is 1. The van der Waals surface area contributed by atoms with Gasteiger partial charge >= 0.3 is 0 Å². The molecule has 3 rings (SSSR count). The molecule has 8 heteroatoms. The molecule has 1 aliphatic heterocycles. The summed E-state index contributed by atoms with van der Waals surface area (Å²) in [5, 5.41) is 8.95. The molecule has 1 heterocycles. The first-order valence-electron chi connectivity index (χ1n) is 11.1. The normalized spacial score (nSPS) is 22.5. The molecule has 3 N–H and O–H groups in total. The Bertz CT molecular complexity index is 816. The third kappa shape index (κ3) is 5.41. The van der Waals surface area contributed by atoms with Gasteiger partial charge in [0.1, 0.15) is 12.1 Å². The fraction of sp³-hybridized carbons (Fsp3) is 0.609. The van der Waals surface area contributed by atoms with E-state index in [4.69, 9.17) is 0 Å². The van der Waals surface area contributed by atoms with E-state index in [2.05, 4.69) is 28.1 Å².